The van der Waals surface area contributed by atoms with Crippen LogP contribution in [-0.4, -0.2) is 28.5 Å². The van der Waals surface area contributed by atoms with Crippen LogP contribution in [-0.2, 0) is 4.79 Å². The molecule has 1 amide bonds. The maximum Gasteiger partial charge on any atom is 0.306 e. The first-order valence-electron chi connectivity index (χ1n) is 5.93. The van der Waals surface area contributed by atoms with Crippen molar-refractivity contribution in [1.82, 2.24) is 10.3 Å². The van der Waals surface area contributed by atoms with Crippen LogP contribution < -0.4 is 5.32 Å². The van der Waals surface area contributed by atoms with Gasteiger partial charge in [-0.3, -0.25) is 9.59 Å². The number of carboxylic acids is 1. The molecule has 0 aliphatic heterocycles. The van der Waals surface area contributed by atoms with Crippen LogP contribution in [0.5, 0.6) is 0 Å². The zero-order valence-corrected chi connectivity index (χ0v) is 10.5. The third-order valence-electron chi connectivity index (χ3n) is 3.39. The molecular weight excluding hydrogens is 256 g/mol. The van der Waals surface area contributed by atoms with E-state index in [2.05, 4.69) is 10.3 Å². The van der Waals surface area contributed by atoms with E-state index >= 15 is 0 Å². The van der Waals surface area contributed by atoms with Crippen LogP contribution in [0.2, 0.25) is 5.02 Å². The van der Waals surface area contributed by atoms with Gasteiger partial charge in [0.25, 0.3) is 5.91 Å². The van der Waals surface area contributed by atoms with Crippen molar-refractivity contribution in [1.29, 1.82) is 0 Å². The smallest absolute Gasteiger partial charge is 0.306 e. The minimum absolute atomic E-state index is 0.0249. The molecule has 0 radical (unpaired) electrons. The lowest BCUT2D eigenvalue weighted by atomic mass is 9.96. The minimum Gasteiger partial charge on any atom is -0.481 e. The monoisotopic (exact) mass is 270 g/mol. The lowest BCUT2D eigenvalue weighted by Crippen LogP contribution is -2.33. The summed E-state index contributed by atoms with van der Waals surface area (Å²) in [5.41, 5.74) is 0.393. The number of H-pyrrole nitrogens is 1. The van der Waals surface area contributed by atoms with E-state index in [0.29, 0.717) is 23.7 Å². The Hall–Kier alpha value is -1.49. The van der Waals surface area contributed by atoms with Crippen LogP contribution in [0.25, 0.3) is 0 Å². The zero-order chi connectivity index (χ0) is 13.1. The maximum atomic E-state index is 11.7. The number of carbonyl (C=O) groups excluding carboxylic acids is 1. The van der Waals surface area contributed by atoms with Gasteiger partial charge in [-0.25, -0.2) is 0 Å². The molecule has 1 saturated carbocycles. The molecule has 1 heterocycles. The predicted octanol–water partition coefficient (Wildman–Crippen LogP) is 1.90. The quantitative estimate of drug-likeness (QED) is 0.781. The Morgan fingerprint density at radius 2 is 2.28 bits per heavy atom. The van der Waals surface area contributed by atoms with Gasteiger partial charge in [0, 0.05) is 12.7 Å². The van der Waals surface area contributed by atoms with Crippen LogP contribution in [0.1, 0.15) is 29.8 Å². The second-order valence-corrected chi connectivity index (χ2v) is 5.01. The number of nitrogens with one attached hydrogen (secondary N) is 2. The molecule has 6 heteroatoms. The molecule has 18 heavy (non-hydrogen) atoms. The van der Waals surface area contributed by atoms with E-state index in [0.717, 1.165) is 12.8 Å². The third-order valence-corrected chi connectivity index (χ3v) is 3.61. The minimum atomic E-state index is -0.769. The van der Waals surface area contributed by atoms with Crippen LogP contribution in [0.15, 0.2) is 12.3 Å². The lowest BCUT2D eigenvalue weighted by molar-refractivity contribution is -0.142. The fourth-order valence-corrected chi connectivity index (χ4v) is 2.59. The maximum absolute atomic E-state index is 11.7. The second kappa shape index (κ2) is 5.44. The Morgan fingerprint density at radius 3 is 2.89 bits per heavy atom. The van der Waals surface area contributed by atoms with Crippen molar-refractivity contribution in [3.63, 3.8) is 0 Å². The molecule has 1 aliphatic carbocycles. The number of aromatic amines is 1. The SMILES string of the molecule is O=C(NCC1CCCC1C(=O)O)c1cc(Cl)c[nH]1. The first-order chi connectivity index (χ1) is 8.58. The van der Waals surface area contributed by atoms with E-state index < -0.39 is 5.97 Å². The zero-order valence-electron chi connectivity index (χ0n) is 9.78. The Morgan fingerprint density at radius 1 is 1.50 bits per heavy atom. The lowest BCUT2D eigenvalue weighted by Gasteiger charge is -2.15. The molecule has 0 aromatic carbocycles. The average Bonchev–Trinajstić information content (AvgIpc) is 2.94. The summed E-state index contributed by atoms with van der Waals surface area (Å²) in [5, 5.41) is 12.3. The topological polar surface area (TPSA) is 82.2 Å². The highest BCUT2D eigenvalue weighted by molar-refractivity contribution is 6.30. The van der Waals surface area contributed by atoms with Crippen molar-refractivity contribution in [2.75, 3.05) is 6.54 Å². The molecule has 0 saturated heterocycles. The van der Waals surface area contributed by atoms with E-state index in [9.17, 15) is 9.59 Å². The van der Waals surface area contributed by atoms with Crippen molar-refractivity contribution in [3.05, 3.63) is 23.0 Å². The molecule has 5 nitrogen and oxygen atoms in total. The third kappa shape index (κ3) is 2.85. The molecule has 1 aromatic heterocycles. The summed E-state index contributed by atoms with van der Waals surface area (Å²) in [6.07, 6.45) is 3.99. The van der Waals surface area contributed by atoms with Crippen molar-refractivity contribution in [3.8, 4) is 0 Å². The van der Waals surface area contributed by atoms with Crippen LogP contribution in [0, 0.1) is 11.8 Å². The molecule has 1 aromatic rings. The molecule has 2 unspecified atom stereocenters. The van der Waals surface area contributed by atoms with E-state index in [1.165, 1.54) is 6.20 Å². The van der Waals surface area contributed by atoms with Crippen LogP contribution in [0.3, 0.4) is 0 Å². The van der Waals surface area contributed by atoms with Crippen molar-refractivity contribution >= 4 is 23.5 Å². The first kappa shape index (κ1) is 13.0. The van der Waals surface area contributed by atoms with Gasteiger partial charge in [0.2, 0.25) is 0 Å². The summed E-state index contributed by atoms with van der Waals surface area (Å²) in [5.74, 6) is -1.33. The number of hydrogen-bond donors (Lipinski definition) is 3. The van der Waals surface area contributed by atoms with Gasteiger partial charge in [0.1, 0.15) is 5.69 Å². The highest BCUT2D eigenvalue weighted by Crippen LogP contribution is 2.31. The van der Waals surface area contributed by atoms with Gasteiger partial charge in [-0.05, 0) is 24.8 Å². The summed E-state index contributed by atoms with van der Waals surface area (Å²) < 4.78 is 0. The summed E-state index contributed by atoms with van der Waals surface area (Å²) in [4.78, 5) is 25.5. The number of carboxylic acid groups (broad SMARTS) is 1. The molecular formula is C12H15ClN2O3. The van der Waals surface area contributed by atoms with Crippen LogP contribution >= 0.6 is 11.6 Å². The molecule has 3 N–H and O–H groups in total. The van der Waals surface area contributed by atoms with E-state index in [4.69, 9.17) is 16.7 Å². The van der Waals surface area contributed by atoms with E-state index in [1.807, 2.05) is 0 Å². The number of rotatable bonds is 4. The summed E-state index contributed by atoms with van der Waals surface area (Å²) in [6.45, 7) is 0.395. The predicted molar refractivity (Wildman–Crippen MR) is 66.6 cm³/mol. The van der Waals surface area contributed by atoms with Gasteiger partial charge in [-0.2, -0.15) is 0 Å². The second-order valence-electron chi connectivity index (χ2n) is 4.58. The number of carbonyl (C=O) groups is 2. The fourth-order valence-electron chi connectivity index (χ4n) is 2.42. The molecule has 0 spiro atoms. The number of halogens is 1. The van der Waals surface area contributed by atoms with Gasteiger partial charge in [-0.15, -0.1) is 0 Å². The summed E-state index contributed by atoms with van der Waals surface area (Å²) in [7, 11) is 0. The molecule has 98 valence electrons. The number of aliphatic carboxylic acids is 1. The largest absolute Gasteiger partial charge is 0.481 e. The van der Waals surface area contributed by atoms with Gasteiger partial charge < -0.3 is 15.4 Å². The van der Waals surface area contributed by atoms with Crippen molar-refractivity contribution < 1.29 is 14.7 Å². The van der Waals surface area contributed by atoms with Gasteiger partial charge in [0.05, 0.1) is 10.9 Å². The van der Waals surface area contributed by atoms with E-state index in [-0.39, 0.29) is 17.7 Å². The Balaban J connectivity index is 1.88. The first-order valence-corrected chi connectivity index (χ1v) is 6.30. The summed E-state index contributed by atoms with van der Waals surface area (Å²) >= 11 is 5.71. The Labute approximate surface area is 110 Å². The molecule has 0 bridgehead atoms. The van der Waals surface area contributed by atoms with Gasteiger partial charge in [-0.1, -0.05) is 18.0 Å². The Kier molecular flexibility index (Phi) is 3.91. The standard InChI is InChI=1S/C12H15ClN2O3/c13-8-4-10(14-6-8)11(16)15-5-7-2-1-3-9(7)12(17)18/h4,6-7,9,14H,1-3,5H2,(H,15,16)(H,17,18). The highest BCUT2D eigenvalue weighted by Gasteiger charge is 2.32. The van der Waals surface area contributed by atoms with Crippen LogP contribution in [0.4, 0.5) is 0 Å². The van der Waals surface area contributed by atoms with Crippen molar-refractivity contribution in [2.24, 2.45) is 11.8 Å². The fraction of sp³-hybridized carbons (Fsp3) is 0.500. The average molecular weight is 271 g/mol. The Bertz CT molecular complexity index is 458. The number of aromatic nitrogens is 1. The molecule has 2 rings (SSSR count). The highest BCUT2D eigenvalue weighted by atomic mass is 35.5. The number of hydrogen-bond acceptors (Lipinski definition) is 2. The molecule has 1 aliphatic rings. The number of amides is 1. The normalized spacial score (nSPS) is 22.9. The molecule has 1 fully saturated rings. The van der Waals surface area contributed by atoms with Crippen molar-refractivity contribution in [2.45, 2.75) is 19.3 Å². The van der Waals surface area contributed by atoms with E-state index in [1.54, 1.807) is 6.07 Å². The summed E-state index contributed by atoms with van der Waals surface area (Å²) in [6, 6.07) is 1.54. The van der Waals surface area contributed by atoms with Gasteiger partial charge >= 0.3 is 5.97 Å². The van der Waals surface area contributed by atoms with Gasteiger partial charge in [0.15, 0.2) is 0 Å². The molecule has 2 atom stereocenters.